The Bertz CT molecular complexity index is 1270. The van der Waals surface area contributed by atoms with Crippen LogP contribution in [0.3, 0.4) is 0 Å². The van der Waals surface area contributed by atoms with Crippen LogP contribution < -0.4 is 10.6 Å². The number of hydrogen-bond donors (Lipinski definition) is 2. The molecule has 2 heterocycles. The Balaban J connectivity index is 1.43. The van der Waals surface area contributed by atoms with Crippen LogP contribution in [-0.2, 0) is 0 Å². The number of amides is 1. The first-order chi connectivity index (χ1) is 16.0. The van der Waals surface area contributed by atoms with E-state index in [2.05, 4.69) is 31.7 Å². The average molecular weight is 528 g/mol. The van der Waals surface area contributed by atoms with Crippen molar-refractivity contribution in [1.29, 1.82) is 0 Å². The van der Waals surface area contributed by atoms with Crippen molar-refractivity contribution in [3.05, 3.63) is 75.9 Å². The number of benzene rings is 2. The zero-order valence-corrected chi connectivity index (χ0v) is 20.7. The van der Waals surface area contributed by atoms with E-state index < -0.39 is 0 Å². The molecule has 0 saturated carbocycles. The maximum atomic E-state index is 12.7. The van der Waals surface area contributed by atoms with E-state index in [4.69, 9.17) is 16.6 Å². The van der Waals surface area contributed by atoms with Gasteiger partial charge in [0.25, 0.3) is 5.91 Å². The second-order valence-corrected chi connectivity index (χ2v) is 8.83. The molecule has 0 aliphatic rings. The van der Waals surface area contributed by atoms with Gasteiger partial charge in [-0.25, -0.2) is 4.98 Å². The molecule has 170 valence electrons. The lowest BCUT2D eigenvalue weighted by atomic mass is 10.1. The maximum absolute atomic E-state index is 12.7. The van der Waals surface area contributed by atoms with Crippen molar-refractivity contribution in [2.24, 2.45) is 0 Å². The Morgan fingerprint density at radius 1 is 1.18 bits per heavy atom. The minimum Gasteiger partial charge on any atom is -0.388 e. The molecule has 7 nitrogen and oxygen atoms in total. The molecule has 0 bridgehead atoms. The van der Waals surface area contributed by atoms with Crippen molar-refractivity contribution >= 4 is 50.6 Å². The molecule has 0 aliphatic heterocycles. The zero-order chi connectivity index (χ0) is 23.4. The topological polar surface area (TPSA) is 74.6 Å². The fraction of sp³-hybridized carbons (Fsp3) is 0.208. The van der Waals surface area contributed by atoms with Crippen LogP contribution in [0.4, 0.5) is 11.5 Å². The first-order valence-electron chi connectivity index (χ1n) is 10.5. The number of carbonyl (C=O) groups excluding carboxylic acids is 1. The van der Waals surface area contributed by atoms with Gasteiger partial charge in [0.05, 0.1) is 16.4 Å². The minimum atomic E-state index is 0.000896. The number of aromatic nitrogens is 3. The summed E-state index contributed by atoms with van der Waals surface area (Å²) in [6.07, 6.45) is 2.49. The Kier molecular flexibility index (Phi) is 7.15. The molecule has 9 heteroatoms. The van der Waals surface area contributed by atoms with Gasteiger partial charge in [-0.1, -0.05) is 29.8 Å². The van der Waals surface area contributed by atoms with Gasteiger partial charge in [0, 0.05) is 55.1 Å². The van der Waals surface area contributed by atoms with Gasteiger partial charge in [0.15, 0.2) is 5.65 Å². The zero-order valence-electron chi connectivity index (χ0n) is 18.3. The SMILES string of the molecule is CNc1ccc(C(=O)N(C)CCCNc2cc(-c3ccccc3Cl)nc3c(Br)cnn23)cc1. The van der Waals surface area contributed by atoms with Gasteiger partial charge in [-0.15, -0.1) is 0 Å². The third-order valence-electron chi connectivity index (χ3n) is 5.32. The van der Waals surface area contributed by atoms with E-state index in [9.17, 15) is 4.79 Å². The highest BCUT2D eigenvalue weighted by atomic mass is 79.9. The first kappa shape index (κ1) is 23.1. The van der Waals surface area contributed by atoms with Gasteiger partial charge in [-0.2, -0.15) is 9.61 Å². The molecule has 2 aromatic carbocycles. The number of fused-ring (bicyclic) bond motifs is 1. The van der Waals surface area contributed by atoms with Crippen LogP contribution in [0.5, 0.6) is 0 Å². The van der Waals surface area contributed by atoms with Crippen molar-refractivity contribution in [1.82, 2.24) is 19.5 Å². The summed E-state index contributed by atoms with van der Waals surface area (Å²) in [6, 6.07) is 17.0. The largest absolute Gasteiger partial charge is 0.388 e. The molecule has 0 aliphatic carbocycles. The van der Waals surface area contributed by atoms with E-state index in [0.29, 0.717) is 29.3 Å². The Labute approximate surface area is 205 Å². The van der Waals surface area contributed by atoms with Gasteiger partial charge in [-0.3, -0.25) is 4.79 Å². The summed E-state index contributed by atoms with van der Waals surface area (Å²) in [5.41, 5.74) is 3.96. The van der Waals surface area contributed by atoms with Gasteiger partial charge < -0.3 is 15.5 Å². The number of nitrogens with one attached hydrogen (secondary N) is 2. The van der Waals surface area contributed by atoms with E-state index in [1.54, 1.807) is 15.6 Å². The summed E-state index contributed by atoms with van der Waals surface area (Å²) < 4.78 is 2.55. The fourth-order valence-electron chi connectivity index (χ4n) is 3.50. The van der Waals surface area contributed by atoms with Crippen molar-refractivity contribution in [3.63, 3.8) is 0 Å². The Morgan fingerprint density at radius 3 is 2.67 bits per heavy atom. The van der Waals surface area contributed by atoms with E-state index in [-0.39, 0.29) is 5.91 Å². The lowest BCUT2D eigenvalue weighted by Gasteiger charge is -2.18. The van der Waals surface area contributed by atoms with Crippen molar-refractivity contribution in [3.8, 4) is 11.3 Å². The molecule has 0 atom stereocenters. The second kappa shape index (κ2) is 10.2. The molecule has 0 spiro atoms. The number of halogens is 2. The molecule has 0 radical (unpaired) electrons. The van der Waals surface area contributed by atoms with E-state index >= 15 is 0 Å². The number of nitrogens with zero attached hydrogens (tertiary/aromatic N) is 4. The van der Waals surface area contributed by atoms with Crippen LogP contribution in [0.15, 0.2) is 65.3 Å². The quantitative estimate of drug-likeness (QED) is 0.299. The lowest BCUT2D eigenvalue weighted by Crippen LogP contribution is -2.29. The second-order valence-electron chi connectivity index (χ2n) is 7.57. The average Bonchev–Trinajstić information content (AvgIpc) is 3.22. The Hall–Kier alpha value is -3.10. The molecule has 0 unspecified atom stereocenters. The summed E-state index contributed by atoms with van der Waals surface area (Å²) in [4.78, 5) is 19.1. The highest BCUT2D eigenvalue weighted by Crippen LogP contribution is 2.30. The highest BCUT2D eigenvalue weighted by Gasteiger charge is 2.14. The molecule has 4 aromatic rings. The highest BCUT2D eigenvalue weighted by molar-refractivity contribution is 9.10. The van der Waals surface area contributed by atoms with E-state index in [1.807, 2.05) is 68.7 Å². The molecular formula is C24H24BrClN6O. The molecule has 2 aromatic heterocycles. The third-order valence-corrected chi connectivity index (χ3v) is 6.21. The summed E-state index contributed by atoms with van der Waals surface area (Å²) >= 11 is 9.92. The van der Waals surface area contributed by atoms with Gasteiger partial charge >= 0.3 is 0 Å². The molecule has 1 amide bonds. The molecule has 0 saturated heterocycles. The maximum Gasteiger partial charge on any atom is 0.253 e. The van der Waals surface area contributed by atoms with Crippen LogP contribution in [0.1, 0.15) is 16.8 Å². The number of anilines is 2. The van der Waals surface area contributed by atoms with Crippen molar-refractivity contribution in [2.75, 3.05) is 37.8 Å². The number of carbonyl (C=O) groups is 1. The summed E-state index contributed by atoms with van der Waals surface area (Å²) in [7, 11) is 3.67. The smallest absolute Gasteiger partial charge is 0.253 e. The monoisotopic (exact) mass is 526 g/mol. The summed E-state index contributed by atoms with van der Waals surface area (Å²) in [6.45, 7) is 1.28. The summed E-state index contributed by atoms with van der Waals surface area (Å²) in [5, 5.41) is 11.5. The molecular weight excluding hydrogens is 504 g/mol. The number of hydrogen-bond acceptors (Lipinski definition) is 5. The summed E-state index contributed by atoms with van der Waals surface area (Å²) in [5.74, 6) is 0.804. The van der Waals surface area contributed by atoms with Crippen LogP contribution >= 0.6 is 27.5 Å². The normalized spacial score (nSPS) is 10.9. The van der Waals surface area contributed by atoms with Gasteiger partial charge in [0.1, 0.15) is 5.82 Å². The van der Waals surface area contributed by atoms with Gasteiger partial charge in [0.2, 0.25) is 0 Å². The van der Waals surface area contributed by atoms with Crippen LogP contribution in [0.25, 0.3) is 16.9 Å². The Morgan fingerprint density at radius 2 is 1.94 bits per heavy atom. The van der Waals surface area contributed by atoms with E-state index in [0.717, 1.165) is 33.7 Å². The molecule has 2 N–H and O–H groups in total. The van der Waals surface area contributed by atoms with Crippen LogP contribution in [-0.4, -0.2) is 52.6 Å². The van der Waals surface area contributed by atoms with Crippen molar-refractivity contribution < 1.29 is 4.79 Å². The van der Waals surface area contributed by atoms with Crippen molar-refractivity contribution in [2.45, 2.75) is 6.42 Å². The van der Waals surface area contributed by atoms with E-state index in [1.165, 1.54) is 0 Å². The standard InChI is InChI=1S/C24H24BrClN6O/c1-27-17-10-8-16(9-11-17)24(33)31(2)13-5-12-28-22-14-21(18-6-3-4-7-20(18)26)30-23-19(25)15-29-32(22)23/h3-4,6-11,14-15,27-28H,5,12-13H2,1-2H3. The molecule has 0 fully saturated rings. The predicted molar refractivity (Wildman–Crippen MR) is 137 cm³/mol. The minimum absolute atomic E-state index is 0.000896. The van der Waals surface area contributed by atoms with Gasteiger partial charge in [-0.05, 0) is 52.7 Å². The fourth-order valence-corrected chi connectivity index (χ4v) is 4.08. The van der Waals surface area contributed by atoms with Crippen LogP contribution in [0, 0.1) is 0 Å². The predicted octanol–water partition coefficient (Wildman–Crippen LogP) is 5.43. The lowest BCUT2D eigenvalue weighted by molar-refractivity contribution is 0.0794. The third kappa shape index (κ3) is 5.12. The van der Waals surface area contributed by atoms with Crippen LogP contribution in [0.2, 0.25) is 5.02 Å². The number of rotatable bonds is 8. The molecule has 33 heavy (non-hydrogen) atoms. The first-order valence-corrected chi connectivity index (χ1v) is 11.7. The molecule has 4 rings (SSSR count).